The van der Waals surface area contributed by atoms with Crippen molar-refractivity contribution in [2.45, 2.75) is 20.0 Å². The van der Waals surface area contributed by atoms with E-state index in [1.54, 1.807) is 11.6 Å². The summed E-state index contributed by atoms with van der Waals surface area (Å²) in [7, 11) is 0. The van der Waals surface area contributed by atoms with Crippen LogP contribution in [0.25, 0.3) is 10.2 Å². The fraction of sp³-hybridized carbons (Fsp3) is 0.417. The van der Waals surface area contributed by atoms with Crippen molar-refractivity contribution in [1.82, 2.24) is 4.98 Å². The highest BCUT2D eigenvalue weighted by Crippen LogP contribution is 2.34. The number of nitro groups is 1. The lowest BCUT2D eigenvalue weighted by Gasteiger charge is -2.09. The van der Waals surface area contributed by atoms with E-state index in [0.29, 0.717) is 24.4 Å². The summed E-state index contributed by atoms with van der Waals surface area (Å²) in [6.45, 7) is 4.92. The monoisotopic (exact) mass is 281 g/mol. The molecule has 1 aromatic heterocycles. The highest BCUT2D eigenvalue weighted by atomic mass is 32.1. The quantitative estimate of drug-likeness (QED) is 0.500. The summed E-state index contributed by atoms with van der Waals surface area (Å²) in [5.41, 5.74) is 2.56. The molecular formula is C12H15N3O3S. The first-order chi connectivity index (χ1) is 9.09. The van der Waals surface area contributed by atoms with Gasteiger partial charge in [-0.15, -0.1) is 11.3 Å². The number of anilines is 1. The minimum Gasteiger partial charge on any atom is -0.377 e. The summed E-state index contributed by atoms with van der Waals surface area (Å²) in [4.78, 5) is 14.8. The third kappa shape index (κ3) is 3.18. The van der Waals surface area contributed by atoms with Gasteiger partial charge in [0.25, 0.3) is 0 Å². The fourth-order valence-electron chi connectivity index (χ4n) is 1.72. The number of hydrogen-bond acceptors (Lipinski definition) is 6. The predicted octanol–water partition coefficient (Wildman–Crippen LogP) is 3.04. The molecule has 2 rings (SSSR count). The summed E-state index contributed by atoms with van der Waals surface area (Å²) in [6, 6.07) is 3.56. The van der Waals surface area contributed by atoms with Gasteiger partial charge in [-0.3, -0.25) is 10.1 Å². The van der Waals surface area contributed by atoms with Crippen LogP contribution in [0.1, 0.15) is 13.8 Å². The number of aromatic nitrogens is 1. The zero-order chi connectivity index (χ0) is 13.8. The number of nitrogens with zero attached hydrogens (tertiary/aromatic N) is 2. The summed E-state index contributed by atoms with van der Waals surface area (Å²) in [6.07, 6.45) is 0.151. The molecule has 2 aromatic rings. The van der Waals surface area contributed by atoms with E-state index >= 15 is 0 Å². The van der Waals surface area contributed by atoms with Gasteiger partial charge in [-0.2, -0.15) is 0 Å². The zero-order valence-electron chi connectivity index (χ0n) is 10.8. The molecule has 19 heavy (non-hydrogen) atoms. The lowest BCUT2D eigenvalue weighted by atomic mass is 10.2. The summed E-state index contributed by atoms with van der Waals surface area (Å²) in [5, 5.41) is 14.2. The molecular weight excluding hydrogens is 266 g/mol. The molecule has 0 fully saturated rings. The lowest BCUT2D eigenvalue weighted by molar-refractivity contribution is -0.382. The van der Waals surface area contributed by atoms with Crippen LogP contribution < -0.4 is 5.32 Å². The maximum Gasteiger partial charge on any atom is 0.319 e. The second-order valence-electron chi connectivity index (χ2n) is 4.26. The molecule has 0 bridgehead atoms. The number of nitrogens with one attached hydrogen (secondary N) is 1. The molecule has 0 saturated carbocycles. The van der Waals surface area contributed by atoms with Crippen molar-refractivity contribution in [3.05, 3.63) is 27.8 Å². The van der Waals surface area contributed by atoms with E-state index < -0.39 is 4.92 Å². The molecule has 0 aliphatic rings. The van der Waals surface area contributed by atoms with Crippen molar-refractivity contribution in [3.63, 3.8) is 0 Å². The third-order valence-electron chi connectivity index (χ3n) is 2.53. The van der Waals surface area contributed by atoms with Crippen LogP contribution in [0.2, 0.25) is 0 Å². The Morgan fingerprint density at radius 3 is 3.00 bits per heavy atom. The largest absolute Gasteiger partial charge is 0.377 e. The Balaban J connectivity index is 2.17. The average molecular weight is 281 g/mol. The van der Waals surface area contributed by atoms with Crippen LogP contribution in [0, 0.1) is 10.1 Å². The van der Waals surface area contributed by atoms with Crippen molar-refractivity contribution in [1.29, 1.82) is 0 Å². The van der Waals surface area contributed by atoms with Crippen LogP contribution in [0.3, 0.4) is 0 Å². The Labute approximate surface area is 114 Å². The van der Waals surface area contributed by atoms with Gasteiger partial charge in [0.1, 0.15) is 5.69 Å². The number of benzene rings is 1. The van der Waals surface area contributed by atoms with Gasteiger partial charge < -0.3 is 10.1 Å². The first-order valence-corrected chi connectivity index (χ1v) is 6.83. The number of thiazole rings is 1. The average Bonchev–Trinajstić information content (AvgIpc) is 2.81. The SMILES string of the molecule is CC(C)OCCNc1ccc2scnc2c1[N+](=O)[O-]. The number of ether oxygens (including phenoxy) is 1. The Kier molecular flexibility index (Phi) is 4.28. The van der Waals surface area contributed by atoms with Gasteiger partial charge in [0.05, 0.1) is 27.8 Å². The summed E-state index contributed by atoms with van der Waals surface area (Å²) >= 11 is 1.39. The Morgan fingerprint density at radius 1 is 1.53 bits per heavy atom. The van der Waals surface area contributed by atoms with Crippen molar-refractivity contribution < 1.29 is 9.66 Å². The van der Waals surface area contributed by atoms with Crippen LogP contribution in [0.4, 0.5) is 11.4 Å². The maximum atomic E-state index is 11.2. The highest BCUT2D eigenvalue weighted by Gasteiger charge is 2.20. The second kappa shape index (κ2) is 5.94. The fourth-order valence-corrected chi connectivity index (χ4v) is 2.40. The Bertz CT molecular complexity index is 583. The van der Waals surface area contributed by atoms with E-state index in [1.807, 2.05) is 19.9 Å². The molecule has 0 unspecified atom stereocenters. The van der Waals surface area contributed by atoms with Crippen molar-refractivity contribution in [2.24, 2.45) is 0 Å². The van der Waals surface area contributed by atoms with Gasteiger partial charge in [-0.1, -0.05) is 0 Å². The smallest absolute Gasteiger partial charge is 0.319 e. The minimum absolute atomic E-state index is 0.0308. The lowest BCUT2D eigenvalue weighted by Crippen LogP contribution is -2.13. The van der Waals surface area contributed by atoms with Crippen LogP contribution in [-0.2, 0) is 4.74 Å². The second-order valence-corrected chi connectivity index (χ2v) is 5.15. The van der Waals surface area contributed by atoms with Crippen molar-refractivity contribution in [2.75, 3.05) is 18.5 Å². The van der Waals surface area contributed by atoms with E-state index in [9.17, 15) is 10.1 Å². The van der Waals surface area contributed by atoms with Crippen LogP contribution in [-0.4, -0.2) is 29.2 Å². The molecule has 1 heterocycles. The normalized spacial score (nSPS) is 11.1. The number of hydrogen-bond donors (Lipinski definition) is 1. The topological polar surface area (TPSA) is 77.3 Å². The summed E-state index contributed by atoms with van der Waals surface area (Å²) < 4.78 is 6.21. The first kappa shape index (κ1) is 13.7. The van der Waals surface area contributed by atoms with Crippen molar-refractivity contribution >= 4 is 32.9 Å². The minimum atomic E-state index is -0.395. The third-order valence-corrected chi connectivity index (χ3v) is 3.32. The van der Waals surface area contributed by atoms with Gasteiger partial charge in [0.15, 0.2) is 5.52 Å². The van der Waals surface area contributed by atoms with Gasteiger partial charge in [-0.05, 0) is 26.0 Å². The molecule has 7 heteroatoms. The molecule has 0 aliphatic heterocycles. The standard InChI is InChI=1S/C12H15N3O3S/c1-8(2)18-6-5-13-9-3-4-10-11(14-7-19-10)12(9)15(16)17/h3-4,7-8,13H,5-6H2,1-2H3. The number of fused-ring (bicyclic) bond motifs is 1. The van der Waals surface area contributed by atoms with E-state index in [0.717, 1.165) is 4.70 Å². The van der Waals surface area contributed by atoms with Crippen LogP contribution >= 0.6 is 11.3 Å². The van der Waals surface area contributed by atoms with E-state index in [-0.39, 0.29) is 11.8 Å². The van der Waals surface area contributed by atoms with E-state index in [2.05, 4.69) is 10.3 Å². The molecule has 1 aromatic carbocycles. The van der Waals surface area contributed by atoms with Gasteiger partial charge in [0, 0.05) is 6.54 Å². The molecule has 0 aliphatic carbocycles. The molecule has 0 radical (unpaired) electrons. The highest BCUT2D eigenvalue weighted by molar-refractivity contribution is 7.16. The Morgan fingerprint density at radius 2 is 2.32 bits per heavy atom. The first-order valence-electron chi connectivity index (χ1n) is 5.95. The summed E-state index contributed by atoms with van der Waals surface area (Å²) in [5.74, 6) is 0. The van der Waals surface area contributed by atoms with Crippen molar-refractivity contribution in [3.8, 4) is 0 Å². The van der Waals surface area contributed by atoms with Crippen LogP contribution in [0.5, 0.6) is 0 Å². The zero-order valence-corrected chi connectivity index (χ0v) is 11.6. The maximum absolute atomic E-state index is 11.2. The molecule has 0 amide bonds. The molecule has 6 nitrogen and oxygen atoms in total. The van der Waals surface area contributed by atoms with Crippen LogP contribution in [0.15, 0.2) is 17.6 Å². The predicted molar refractivity (Wildman–Crippen MR) is 75.9 cm³/mol. The number of nitro benzene ring substituents is 1. The molecule has 102 valence electrons. The number of rotatable bonds is 6. The van der Waals surface area contributed by atoms with Gasteiger partial charge in [-0.25, -0.2) is 4.98 Å². The van der Waals surface area contributed by atoms with Gasteiger partial charge in [0.2, 0.25) is 0 Å². The Hall–Kier alpha value is -1.73. The molecule has 0 spiro atoms. The molecule has 0 saturated heterocycles. The van der Waals surface area contributed by atoms with Gasteiger partial charge >= 0.3 is 5.69 Å². The molecule has 1 N–H and O–H groups in total. The molecule has 0 atom stereocenters. The van der Waals surface area contributed by atoms with E-state index in [1.165, 1.54) is 11.3 Å². The van der Waals surface area contributed by atoms with E-state index in [4.69, 9.17) is 4.74 Å².